The molecular formula is C13H18NO. The summed E-state index contributed by atoms with van der Waals surface area (Å²) in [5.41, 5.74) is 3.86. The van der Waals surface area contributed by atoms with E-state index in [1.165, 1.54) is 16.8 Å². The molecule has 2 heteroatoms. The van der Waals surface area contributed by atoms with Gasteiger partial charge in [-0.3, -0.25) is 0 Å². The lowest BCUT2D eigenvalue weighted by atomic mass is 10.1. The number of benzene rings is 1. The zero-order valence-corrected chi connectivity index (χ0v) is 9.55. The summed E-state index contributed by atoms with van der Waals surface area (Å²) >= 11 is 0. The maximum absolute atomic E-state index is 5.35. The lowest BCUT2D eigenvalue weighted by Gasteiger charge is -2.29. The Morgan fingerprint density at radius 3 is 2.73 bits per heavy atom. The maximum atomic E-state index is 5.35. The number of ether oxygens (including phenoxy) is 1. The maximum Gasteiger partial charge on any atom is 0.0642 e. The molecule has 0 atom stereocenters. The number of rotatable bonds is 2. The molecule has 0 N–H and O–H groups in total. The van der Waals surface area contributed by atoms with Gasteiger partial charge in [-0.25, -0.2) is 0 Å². The van der Waals surface area contributed by atoms with E-state index in [0.29, 0.717) is 0 Å². The van der Waals surface area contributed by atoms with Crippen molar-refractivity contribution in [2.24, 2.45) is 0 Å². The van der Waals surface area contributed by atoms with Crippen LogP contribution < -0.4 is 4.90 Å². The van der Waals surface area contributed by atoms with Gasteiger partial charge in [0.15, 0.2) is 0 Å². The molecule has 1 saturated heterocycles. The van der Waals surface area contributed by atoms with E-state index in [0.717, 1.165) is 32.7 Å². The number of hydrogen-bond donors (Lipinski definition) is 0. The molecule has 0 saturated carbocycles. The molecule has 0 aromatic heterocycles. The molecule has 1 aromatic rings. The largest absolute Gasteiger partial charge is 0.378 e. The van der Waals surface area contributed by atoms with E-state index in [9.17, 15) is 0 Å². The van der Waals surface area contributed by atoms with Crippen molar-refractivity contribution in [3.05, 3.63) is 29.3 Å². The summed E-state index contributed by atoms with van der Waals surface area (Å²) in [6.45, 7) is 7.96. The first-order chi connectivity index (χ1) is 7.29. The fourth-order valence-corrected chi connectivity index (χ4v) is 1.95. The van der Waals surface area contributed by atoms with Gasteiger partial charge in [0.25, 0.3) is 0 Å². The zero-order valence-electron chi connectivity index (χ0n) is 9.55. The van der Waals surface area contributed by atoms with Gasteiger partial charge in [-0.1, -0.05) is 13.0 Å². The van der Waals surface area contributed by atoms with Gasteiger partial charge in [0.05, 0.1) is 13.2 Å². The van der Waals surface area contributed by atoms with Gasteiger partial charge in [-0.05, 0) is 30.5 Å². The summed E-state index contributed by atoms with van der Waals surface area (Å²) in [7, 11) is 0. The average molecular weight is 204 g/mol. The predicted octanol–water partition coefficient (Wildman–Crippen LogP) is 2.19. The van der Waals surface area contributed by atoms with Gasteiger partial charge in [0.2, 0.25) is 0 Å². The molecule has 0 aliphatic carbocycles. The minimum Gasteiger partial charge on any atom is -0.378 e. The van der Waals surface area contributed by atoms with E-state index in [2.05, 4.69) is 36.9 Å². The minimum absolute atomic E-state index is 0.837. The molecule has 81 valence electrons. The minimum atomic E-state index is 0.837. The van der Waals surface area contributed by atoms with Gasteiger partial charge in [-0.2, -0.15) is 0 Å². The second kappa shape index (κ2) is 4.67. The van der Waals surface area contributed by atoms with Crippen molar-refractivity contribution in [3.8, 4) is 0 Å². The van der Waals surface area contributed by atoms with E-state index in [1.54, 1.807) is 0 Å². The average Bonchev–Trinajstić information content (AvgIpc) is 2.29. The van der Waals surface area contributed by atoms with Crippen LogP contribution in [0.2, 0.25) is 0 Å². The molecule has 1 radical (unpaired) electrons. The molecule has 1 heterocycles. The Morgan fingerprint density at radius 2 is 2.07 bits per heavy atom. The molecule has 0 unspecified atom stereocenters. The molecular weight excluding hydrogens is 186 g/mol. The van der Waals surface area contributed by atoms with E-state index >= 15 is 0 Å². The Morgan fingerprint density at radius 1 is 1.33 bits per heavy atom. The second-order valence-corrected chi connectivity index (χ2v) is 4.01. The monoisotopic (exact) mass is 204 g/mol. The summed E-state index contributed by atoms with van der Waals surface area (Å²) in [5, 5.41) is 0. The van der Waals surface area contributed by atoms with Crippen LogP contribution in [0.5, 0.6) is 0 Å². The van der Waals surface area contributed by atoms with Crippen molar-refractivity contribution in [1.29, 1.82) is 0 Å². The van der Waals surface area contributed by atoms with E-state index in [4.69, 9.17) is 4.74 Å². The van der Waals surface area contributed by atoms with Crippen LogP contribution in [0.15, 0.2) is 12.1 Å². The van der Waals surface area contributed by atoms with Crippen molar-refractivity contribution in [2.75, 3.05) is 31.2 Å². The van der Waals surface area contributed by atoms with Gasteiger partial charge < -0.3 is 9.64 Å². The highest BCUT2D eigenvalue weighted by Gasteiger charge is 2.11. The van der Waals surface area contributed by atoms with Crippen LogP contribution in [0.4, 0.5) is 5.69 Å². The molecule has 15 heavy (non-hydrogen) atoms. The summed E-state index contributed by atoms with van der Waals surface area (Å²) in [6, 6.07) is 7.88. The number of anilines is 1. The summed E-state index contributed by atoms with van der Waals surface area (Å²) in [4.78, 5) is 2.36. The molecule has 1 aromatic carbocycles. The van der Waals surface area contributed by atoms with Crippen LogP contribution in [0.3, 0.4) is 0 Å². The van der Waals surface area contributed by atoms with Crippen LogP contribution in [0, 0.1) is 13.0 Å². The zero-order chi connectivity index (χ0) is 10.7. The van der Waals surface area contributed by atoms with Crippen LogP contribution in [0.1, 0.15) is 18.1 Å². The van der Waals surface area contributed by atoms with Crippen molar-refractivity contribution < 1.29 is 4.74 Å². The number of morpholine rings is 1. The molecule has 1 aliphatic heterocycles. The van der Waals surface area contributed by atoms with Crippen molar-refractivity contribution in [2.45, 2.75) is 20.3 Å². The molecule has 0 spiro atoms. The second-order valence-electron chi connectivity index (χ2n) is 4.01. The standard InChI is InChI=1S/C13H18NO/c1-3-12-8-11(2)9-13(10-12)14-4-6-15-7-5-14/h8,10H,3-7H2,1-2H3. The van der Waals surface area contributed by atoms with Gasteiger partial charge in [-0.15, -0.1) is 0 Å². The summed E-state index contributed by atoms with van der Waals surface area (Å²) in [5.74, 6) is 0. The fourth-order valence-electron chi connectivity index (χ4n) is 1.95. The van der Waals surface area contributed by atoms with E-state index in [-0.39, 0.29) is 0 Å². The SMILES string of the molecule is CCc1cc(C)[c]c(N2CCOCC2)c1. The van der Waals surface area contributed by atoms with Gasteiger partial charge >= 0.3 is 0 Å². The van der Waals surface area contributed by atoms with Crippen LogP contribution in [-0.2, 0) is 11.2 Å². The third kappa shape index (κ3) is 2.51. The summed E-state index contributed by atoms with van der Waals surface area (Å²) < 4.78 is 5.35. The first-order valence-electron chi connectivity index (χ1n) is 5.65. The highest BCUT2D eigenvalue weighted by atomic mass is 16.5. The first-order valence-corrected chi connectivity index (χ1v) is 5.65. The Bertz CT molecular complexity index is 329. The van der Waals surface area contributed by atoms with Gasteiger partial charge in [0, 0.05) is 24.8 Å². The molecule has 0 bridgehead atoms. The molecule has 1 aliphatic rings. The normalized spacial score (nSPS) is 16.8. The molecule has 1 fully saturated rings. The topological polar surface area (TPSA) is 12.5 Å². The Balaban J connectivity index is 2.22. The molecule has 0 amide bonds. The van der Waals surface area contributed by atoms with Crippen LogP contribution >= 0.6 is 0 Å². The van der Waals surface area contributed by atoms with Crippen molar-refractivity contribution in [1.82, 2.24) is 0 Å². The van der Waals surface area contributed by atoms with E-state index < -0.39 is 0 Å². The van der Waals surface area contributed by atoms with Crippen molar-refractivity contribution in [3.63, 3.8) is 0 Å². The lowest BCUT2D eigenvalue weighted by molar-refractivity contribution is 0.122. The summed E-state index contributed by atoms with van der Waals surface area (Å²) in [6.07, 6.45) is 1.09. The highest BCUT2D eigenvalue weighted by Crippen LogP contribution is 2.19. The fraction of sp³-hybridized carbons (Fsp3) is 0.538. The van der Waals surface area contributed by atoms with Crippen LogP contribution in [-0.4, -0.2) is 26.3 Å². The first kappa shape index (κ1) is 10.5. The third-order valence-electron chi connectivity index (χ3n) is 2.81. The quantitative estimate of drug-likeness (QED) is 0.732. The Labute approximate surface area is 91.9 Å². The smallest absolute Gasteiger partial charge is 0.0642 e. The number of aryl methyl sites for hydroxylation is 2. The number of nitrogens with zero attached hydrogens (tertiary/aromatic N) is 1. The van der Waals surface area contributed by atoms with Crippen molar-refractivity contribution >= 4 is 5.69 Å². The molecule has 2 rings (SSSR count). The van der Waals surface area contributed by atoms with Crippen LogP contribution in [0.25, 0.3) is 0 Å². The highest BCUT2D eigenvalue weighted by molar-refractivity contribution is 5.50. The van der Waals surface area contributed by atoms with E-state index in [1.807, 2.05) is 0 Å². The Kier molecular flexibility index (Phi) is 3.27. The predicted molar refractivity (Wildman–Crippen MR) is 62.4 cm³/mol. The number of hydrogen-bond acceptors (Lipinski definition) is 2. The Hall–Kier alpha value is -1.02. The van der Waals surface area contributed by atoms with Gasteiger partial charge in [0.1, 0.15) is 0 Å². The molecule has 2 nitrogen and oxygen atoms in total. The third-order valence-corrected chi connectivity index (χ3v) is 2.81. The lowest BCUT2D eigenvalue weighted by Crippen LogP contribution is -2.36.